The molecule has 0 bridgehead atoms. The third-order valence-electron chi connectivity index (χ3n) is 4.17. The quantitative estimate of drug-likeness (QED) is 0.894. The van der Waals surface area contributed by atoms with Crippen LogP contribution in [0.3, 0.4) is 0 Å². The number of carbonyl (C=O) groups is 2. The van der Waals surface area contributed by atoms with Gasteiger partial charge in [-0.15, -0.1) is 0 Å². The molecule has 2 aromatic rings. The van der Waals surface area contributed by atoms with Gasteiger partial charge in [-0.3, -0.25) is 10.1 Å². The molecule has 24 heavy (non-hydrogen) atoms. The Morgan fingerprint density at radius 1 is 1.25 bits per heavy atom. The SMILES string of the molecule is NC(=O)CC1CCN(C(=O)Nc2ncc(-c3ccccc3)s2)CC1. The van der Waals surface area contributed by atoms with Crippen LogP contribution in [0.25, 0.3) is 10.4 Å². The second-order valence-electron chi connectivity index (χ2n) is 5.93. The minimum atomic E-state index is -0.269. The van der Waals surface area contributed by atoms with Crippen molar-refractivity contribution in [3.05, 3.63) is 36.5 Å². The molecule has 6 nitrogen and oxygen atoms in total. The van der Waals surface area contributed by atoms with E-state index in [0.717, 1.165) is 23.3 Å². The first kappa shape index (κ1) is 16.4. The second kappa shape index (κ2) is 7.44. The zero-order chi connectivity index (χ0) is 16.9. The van der Waals surface area contributed by atoms with E-state index >= 15 is 0 Å². The van der Waals surface area contributed by atoms with Crippen molar-refractivity contribution in [3.63, 3.8) is 0 Å². The minimum Gasteiger partial charge on any atom is -0.370 e. The van der Waals surface area contributed by atoms with Crippen LogP contribution in [0.15, 0.2) is 36.5 Å². The highest BCUT2D eigenvalue weighted by Crippen LogP contribution is 2.29. The molecule has 3 rings (SSSR count). The Hall–Kier alpha value is -2.41. The van der Waals surface area contributed by atoms with E-state index in [1.807, 2.05) is 30.3 Å². The van der Waals surface area contributed by atoms with E-state index in [4.69, 9.17) is 5.73 Å². The molecule has 3 N–H and O–H groups in total. The summed E-state index contributed by atoms with van der Waals surface area (Å²) in [6.07, 6.45) is 3.80. The standard InChI is InChI=1S/C17H20N4O2S/c18-15(22)10-12-6-8-21(9-7-12)17(23)20-16-19-11-14(24-16)13-4-2-1-3-5-13/h1-5,11-12H,6-10H2,(H2,18,22)(H,19,20,23). The van der Waals surface area contributed by atoms with Crippen molar-refractivity contribution in [3.8, 4) is 10.4 Å². The maximum absolute atomic E-state index is 12.3. The molecule has 1 aliphatic rings. The van der Waals surface area contributed by atoms with E-state index in [1.54, 1.807) is 11.1 Å². The van der Waals surface area contributed by atoms with E-state index in [9.17, 15) is 9.59 Å². The lowest BCUT2D eigenvalue weighted by atomic mass is 9.93. The monoisotopic (exact) mass is 344 g/mol. The van der Waals surface area contributed by atoms with Gasteiger partial charge in [-0.25, -0.2) is 9.78 Å². The molecule has 126 valence electrons. The number of amides is 3. The normalized spacial score (nSPS) is 15.2. The molecule has 1 fully saturated rings. The number of nitrogens with one attached hydrogen (secondary N) is 1. The molecule has 0 radical (unpaired) electrons. The molecule has 3 amide bonds. The lowest BCUT2D eigenvalue weighted by Crippen LogP contribution is -2.41. The number of anilines is 1. The van der Waals surface area contributed by atoms with Crippen molar-refractivity contribution in [2.75, 3.05) is 18.4 Å². The number of nitrogens with zero attached hydrogens (tertiary/aromatic N) is 2. The maximum atomic E-state index is 12.3. The zero-order valence-corrected chi connectivity index (χ0v) is 14.1. The molecule has 0 spiro atoms. The number of piperidine rings is 1. The molecule has 0 aliphatic carbocycles. The van der Waals surface area contributed by atoms with Crippen LogP contribution in [-0.2, 0) is 4.79 Å². The Balaban J connectivity index is 1.54. The lowest BCUT2D eigenvalue weighted by molar-refractivity contribution is -0.119. The predicted molar refractivity (Wildman–Crippen MR) is 94.7 cm³/mol. The third kappa shape index (κ3) is 4.11. The fourth-order valence-corrected chi connectivity index (χ4v) is 3.67. The molecule has 0 saturated carbocycles. The predicted octanol–water partition coefficient (Wildman–Crippen LogP) is 2.93. The van der Waals surface area contributed by atoms with Gasteiger partial charge in [0.05, 0.1) is 4.88 Å². The van der Waals surface area contributed by atoms with Crippen LogP contribution in [0.5, 0.6) is 0 Å². The fourth-order valence-electron chi connectivity index (χ4n) is 2.86. The smallest absolute Gasteiger partial charge is 0.323 e. The minimum absolute atomic E-state index is 0.138. The number of thiazole rings is 1. The highest BCUT2D eigenvalue weighted by Gasteiger charge is 2.24. The van der Waals surface area contributed by atoms with Gasteiger partial charge in [-0.1, -0.05) is 41.7 Å². The number of primary amides is 1. The number of urea groups is 1. The van der Waals surface area contributed by atoms with Crippen LogP contribution in [-0.4, -0.2) is 34.9 Å². The van der Waals surface area contributed by atoms with Crippen molar-refractivity contribution in [1.82, 2.24) is 9.88 Å². The third-order valence-corrected chi connectivity index (χ3v) is 5.13. The van der Waals surface area contributed by atoms with E-state index in [-0.39, 0.29) is 17.9 Å². The number of aromatic nitrogens is 1. The van der Waals surface area contributed by atoms with Crippen LogP contribution in [0, 0.1) is 5.92 Å². The molecule has 7 heteroatoms. The second-order valence-corrected chi connectivity index (χ2v) is 6.96. The maximum Gasteiger partial charge on any atom is 0.323 e. The summed E-state index contributed by atoms with van der Waals surface area (Å²) in [6.45, 7) is 1.28. The van der Waals surface area contributed by atoms with Gasteiger partial charge in [-0.2, -0.15) is 0 Å². The van der Waals surface area contributed by atoms with Crippen molar-refractivity contribution in [2.24, 2.45) is 11.7 Å². The lowest BCUT2D eigenvalue weighted by Gasteiger charge is -2.31. The Morgan fingerprint density at radius 2 is 1.96 bits per heavy atom. The first-order valence-corrected chi connectivity index (χ1v) is 8.79. The van der Waals surface area contributed by atoms with E-state index in [2.05, 4.69) is 10.3 Å². The van der Waals surface area contributed by atoms with Crippen LogP contribution in [0.2, 0.25) is 0 Å². The molecular weight excluding hydrogens is 324 g/mol. The van der Waals surface area contributed by atoms with Gasteiger partial charge in [0.2, 0.25) is 5.91 Å². The van der Waals surface area contributed by atoms with Crippen molar-refractivity contribution in [1.29, 1.82) is 0 Å². The summed E-state index contributed by atoms with van der Waals surface area (Å²) in [4.78, 5) is 30.4. The molecular formula is C17H20N4O2S. The van der Waals surface area contributed by atoms with Gasteiger partial charge in [0.1, 0.15) is 0 Å². The molecule has 0 unspecified atom stereocenters. The Morgan fingerprint density at radius 3 is 2.62 bits per heavy atom. The summed E-state index contributed by atoms with van der Waals surface area (Å²) in [7, 11) is 0. The summed E-state index contributed by atoms with van der Waals surface area (Å²) < 4.78 is 0. The van der Waals surface area contributed by atoms with Gasteiger partial charge in [0.25, 0.3) is 0 Å². The molecule has 1 aromatic carbocycles. The average Bonchev–Trinajstić information content (AvgIpc) is 3.04. The van der Waals surface area contributed by atoms with Gasteiger partial charge in [0, 0.05) is 25.7 Å². The fraction of sp³-hybridized carbons (Fsp3) is 0.353. The Labute approximate surface area is 144 Å². The Kier molecular flexibility index (Phi) is 5.10. The number of benzene rings is 1. The molecule has 1 saturated heterocycles. The van der Waals surface area contributed by atoms with Gasteiger partial charge in [-0.05, 0) is 24.3 Å². The topological polar surface area (TPSA) is 88.3 Å². The summed E-state index contributed by atoms with van der Waals surface area (Å²) in [5, 5.41) is 3.46. The van der Waals surface area contributed by atoms with Gasteiger partial charge in [0.15, 0.2) is 5.13 Å². The van der Waals surface area contributed by atoms with Crippen LogP contribution in [0.4, 0.5) is 9.93 Å². The molecule has 0 atom stereocenters. The summed E-state index contributed by atoms with van der Waals surface area (Å²) in [6, 6.07) is 9.81. The molecule has 1 aromatic heterocycles. The largest absolute Gasteiger partial charge is 0.370 e. The van der Waals surface area contributed by atoms with Crippen LogP contribution < -0.4 is 11.1 Å². The molecule has 1 aliphatic heterocycles. The van der Waals surface area contributed by atoms with Crippen molar-refractivity contribution in [2.45, 2.75) is 19.3 Å². The number of hydrogen-bond acceptors (Lipinski definition) is 4. The van der Waals surface area contributed by atoms with E-state index in [0.29, 0.717) is 24.6 Å². The van der Waals surface area contributed by atoms with Crippen LogP contribution in [0.1, 0.15) is 19.3 Å². The first-order valence-electron chi connectivity index (χ1n) is 7.97. The Bertz CT molecular complexity index is 708. The number of nitrogens with two attached hydrogens (primary N) is 1. The van der Waals surface area contributed by atoms with Gasteiger partial charge >= 0.3 is 6.03 Å². The molecule has 2 heterocycles. The van der Waals surface area contributed by atoms with Gasteiger partial charge < -0.3 is 10.6 Å². The highest BCUT2D eigenvalue weighted by atomic mass is 32.1. The summed E-state index contributed by atoms with van der Waals surface area (Å²) in [5.41, 5.74) is 6.32. The van der Waals surface area contributed by atoms with Crippen molar-refractivity contribution < 1.29 is 9.59 Å². The van der Waals surface area contributed by atoms with E-state index < -0.39 is 0 Å². The average molecular weight is 344 g/mol. The number of carbonyl (C=O) groups excluding carboxylic acids is 2. The number of hydrogen-bond donors (Lipinski definition) is 2. The number of likely N-dealkylation sites (tertiary alicyclic amines) is 1. The van der Waals surface area contributed by atoms with E-state index in [1.165, 1.54) is 11.3 Å². The van der Waals surface area contributed by atoms with Crippen LogP contribution >= 0.6 is 11.3 Å². The summed E-state index contributed by atoms with van der Waals surface area (Å²) in [5.74, 6) is 0.0187. The highest BCUT2D eigenvalue weighted by molar-refractivity contribution is 7.19. The van der Waals surface area contributed by atoms with Crippen molar-refractivity contribution >= 4 is 28.4 Å². The summed E-state index contributed by atoms with van der Waals surface area (Å²) >= 11 is 1.46. The number of rotatable bonds is 4. The zero-order valence-electron chi connectivity index (χ0n) is 13.3. The first-order chi connectivity index (χ1) is 11.6.